The molecule has 3 N–H and O–H groups in total. The van der Waals surface area contributed by atoms with Crippen LogP contribution >= 0.6 is 0 Å². The van der Waals surface area contributed by atoms with Crippen molar-refractivity contribution in [1.82, 2.24) is 16.0 Å². The van der Waals surface area contributed by atoms with Crippen molar-refractivity contribution >= 4 is 17.9 Å². The van der Waals surface area contributed by atoms with E-state index in [1.165, 1.54) is 0 Å². The van der Waals surface area contributed by atoms with Gasteiger partial charge in [0.25, 0.3) is 0 Å². The van der Waals surface area contributed by atoms with Gasteiger partial charge in [-0.25, -0.2) is 4.79 Å². The summed E-state index contributed by atoms with van der Waals surface area (Å²) in [4.78, 5) is 36.1. The van der Waals surface area contributed by atoms with E-state index in [0.717, 1.165) is 5.56 Å². The van der Waals surface area contributed by atoms with Crippen molar-refractivity contribution < 1.29 is 19.1 Å². The van der Waals surface area contributed by atoms with Crippen LogP contribution in [0.2, 0.25) is 0 Å². The van der Waals surface area contributed by atoms with Gasteiger partial charge < -0.3 is 20.7 Å². The molecule has 0 saturated carbocycles. The van der Waals surface area contributed by atoms with Gasteiger partial charge >= 0.3 is 6.09 Å². The molecular weight excluding hydrogens is 334 g/mol. The number of benzene rings is 1. The van der Waals surface area contributed by atoms with Crippen LogP contribution in [0.4, 0.5) is 4.79 Å². The standard InChI is InChI=1S/C19H29N3O4/c1-13(2)16(17(24)20-11-15(23)22-19(3,4)5)21-18(25)26-12-14-9-7-6-8-10-14/h6-10,13,16H,11-12H2,1-5H3,(H,20,24)(H,21,25)(H,22,23)/t16-/m1/s1. The Kier molecular flexibility index (Phi) is 8.09. The Hall–Kier alpha value is -2.57. The van der Waals surface area contributed by atoms with Gasteiger partial charge in [0, 0.05) is 5.54 Å². The Morgan fingerprint density at radius 1 is 1.08 bits per heavy atom. The molecule has 1 atom stereocenters. The maximum atomic E-state index is 12.3. The normalized spacial score (nSPS) is 12.2. The zero-order valence-electron chi connectivity index (χ0n) is 16.1. The van der Waals surface area contributed by atoms with Crippen molar-refractivity contribution in [3.05, 3.63) is 35.9 Å². The lowest BCUT2D eigenvalue weighted by Crippen LogP contribution is -2.52. The predicted octanol–water partition coefficient (Wildman–Crippen LogP) is 1.97. The lowest BCUT2D eigenvalue weighted by molar-refractivity contribution is -0.128. The van der Waals surface area contributed by atoms with Crippen LogP contribution in [0.5, 0.6) is 0 Å². The molecule has 0 fully saturated rings. The second kappa shape index (κ2) is 9.79. The number of carbonyl (C=O) groups is 3. The Morgan fingerprint density at radius 2 is 1.69 bits per heavy atom. The molecule has 0 aliphatic heterocycles. The van der Waals surface area contributed by atoms with E-state index in [1.807, 2.05) is 51.1 Å². The second-order valence-corrected chi connectivity index (χ2v) is 7.44. The summed E-state index contributed by atoms with van der Waals surface area (Å²) in [5, 5.41) is 7.85. The molecule has 0 saturated heterocycles. The molecule has 3 amide bonds. The minimum Gasteiger partial charge on any atom is -0.445 e. The Labute approximate surface area is 154 Å². The summed E-state index contributed by atoms with van der Waals surface area (Å²) in [6.45, 7) is 9.14. The average molecular weight is 363 g/mol. The lowest BCUT2D eigenvalue weighted by atomic mass is 10.0. The van der Waals surface area contributed by atoms with Gasteiger partial charge in [-0.15, -0.1) is 0 Å². The molecule has 144 valence electrons. The first-order valence-corrected chi connectivity index (χ1v) is 8.64. The molecule has 0 heterocycles. The van der Waals surface area contributed by atoms with E-state index in [-0.39, 0.29) is 30.5 Å². The minimum atomic E-state index is -0.791. The number of ether oxygens (including phenoxy) is 1. The second-order valence-electron chi connectivity index (χ2n) is 7.44. The molecule has 1 aromatic rings. The zero-order valence-corrected chi connectivity index (χ0v) is 16.1. The van der Waals surface area contributed by atoms with E-state index in [0.29, 0.717) is 0 Å². The number of rotatable bonds is 7. The van der Waals surface area contributed by atoms with Crippen LogP contribution in [0.15, 0.2) is 30.3 Å². The lowest BCUT2D eigenvalue weighted by Gasteiger charge is -2.23. The van der Waals surface area contributed by atoms with Gasteiger partial charge in [-0.1, -0.05) is 44.2 Å². The maximum absolute atomic E-state index is 12.3. The first-order chi connectivity index (χ1) is 12.1. The number of amides is 3. The molecule has 1 aromatic carbocycles. The smallest absolute Gasteiger partial charge is 0.408 e. The van der Waals surface area contributed by atoms with Gasteiger partial charge in [-0.3, -0.25) is 9.59 Å². The summed E-state index contributed by atoms with van der Waals surface area (Å²) in [7, 11) is 0. The fourth-order valence-electron chi connectivity index (χ4n) is 2.17. The molecule has 0 bridgehead atoms. The molecular formula is C19H29N3O4. The van der Waals surface area contributed by atoms with Crippen LogP contribution in [-0.4, -0.2) is 36.0 Å². The van der Waals surface area contributed by atoms with Crippen molar-refractivity contribution in [2.45, 2.75) is 52.8 Å². The number of carbonyl (C=O) groups excluding carboxylic acids is 3. The molecule has 1 rings (SSSR count). The van der Waals surface area contributed by atoms with Gasteiger partial charge in [-0.05, 0) is 32.3 Å². The predicted molar refractivity (Wildman–Crippen MR) is 99.3 cm³/mol. The highest BCUT2D eigenvalue weighted by Crippen LogP contribution is 2.05. The molecule has 7 heteroatoms. The Balaban J connectivity index is 2.49. The summed E-state index contributed by atoms with van der Waals surface area (Å²) >= 11 is 0. The van der Waals surface area contributed by atoms with Crippen molar-refractivity contribution in [1.29, 1.82) is 0 Å². The van der Waals surface area contributed by atoms with E-state index in [9.17, 15) is 14.4 Å². The third-order valence-corrected chi connectivity index (χ3v) is 3.37. The third-order valence-electron chi connectivity index (χ3n) is 3.37. The number of hydrogen-bond acceptors (Lipinski definition) is 4. The molecule has 0 aromatic heterocycles. The molecule has 0 radical (unpaired) electrons. The summed E-state index contributed by atoms with van der Waals surface area (Å²) in [5.41, 5.74) is 0.478. The Bertz CT molecular complexity index is 609. The molecule has 0 aliphatic carbocycles. The van der Waals surface area contributed by atoms with Gasteiger partial charge in [0.15, 0.2) is 0 Å². The minimum absolute atomic E-state index is 0.118. The first kappa shape index (κ1) is 21.5. The molecule has 0 spiro atoms. The van der Waals surface area contributed by atoms with E-state index >= 15 is 0 Å². The summed E-state index contributed by atoms with van der Waals surface area (Å²) in [6.07, 6.45) is -0.679. The van der Waals surface area contributed by atoms with Crippen LogP contribution in [0, 0.1) is 5.92 Å². The number of hydrogen-bond donors (Lipinski definition) is 3. The highest BCUT2D eigenvalue weighted by atomic mass is 16.5. The molecule has 0 unspecified atom stereocenters. The molecule has 7 nitrogen and oxygen atoms in total. The fraction of sp³-hybridized carbons (Fsp3) is 0.526. The van der Waals surface area contributed by atoms with Gasteiger partial charge in [0.2, 0.25) is 11.8 Å². The van der Waals surface area contributed by atoms with Crippen molar-refractivity contribution in [2.24, 2.45) is 5.92 Å². The number of nitrogens with one attached hydrogen (secondary N) is 3. The highest BCUT2D eigenvalue weighted by molar-refractivity contribution is 5.89. The van der Waals surface area contributed by atoms with Crippen LogP contribution in [0.1, 0.15) is 40.2 Å². The topological polar surface area (TPSA) is 96.5 Å². The van der Waals surface area contributed by atoms with Gasteiger partial charge in [0.05, 0.1) is 6.54 Å². The van der Waals surface area contributed by atoms with E-state index in [4.69, 9.17) is 4.74 Å². The summed E-state index contributed by atoms with van der Waals surface area (Å²) < 4.78 is 5.14. The third kappa shape index (κ3) is 8.50. The quantitative estimate of drug-likeness (QED) is 0.690. The van der Waals surface area contributed by atoms with Crippen LogP contribution in [0.25, 0.3) is 0 Å². The average Bonchev–Trinajstić information content (AvgIpc) is 2.55. The highest BCUT2D eigenvalue weighted by Gasteiger charge is 2.25. The van der Waals surface area contributed by atoms with E-state index < -0.39 is 18.0 Å². The fourth-order valence-corrected chi connectivity index (χ4v) is 2.17. The first-order valence-electron chi connectivity index (χ1n) is 8.64. The SMILES string of the molecule is CC(C)[C@@H](NC(=O)OCc1ccccc1)C(=O)NCC(=O)NC(C)(C)C. The van der Waals surface area contributed by atoms with Gasteiger partial charge in [0.1, 0.15) is 12.6 Å². The zero-order chi connectivity index (χ0) is 19.7. The van der Waals surface area contributed by atoms with Gasteiger partial charge in [-0.2, -0.15) is 0 Å². The van der Waals surface area contributed by atoms with Crippen molar-refractivity contribution in [3.63, 3.8) is 0 Å². The molecule has 0 aliphatic rings. The maximum Gasteiger partial charge on any atom is 0.408 e. The number of alkyl carbamates (subject to hydrolysis) is 1. The summed E-state index contributed by atoms with van der Waals surface area (Å²) in [6, 6.07) is 8.47. The van der Waals surface area contributed by atoms with E-state index in [1.54, 1.807) is 13.8 Å². The molecule has 26 heavy (non-hydrogen) atoms. The van der Waals surface area contributed by atoms with Crippen LogP contribution < -0.4 is 16.0 Å². The Morgan fingerprint density at radius 3 is 2.23 bits per heavy atom. The van der Waals surface area contributed by atoms with Crippen molar-refractivity contribution in [3.8, 4) is 0 Å². The largest absolute Gasteiger partial charge is 0.445 e. The van der Waals surface area contributed by atoms with Crippen LogP contribution in [0.3, 0.4) is 0 Å². The van der Waals surface area contributed by atoms with E-state index in [2.05, 4.69) is 16.0 Å². The monoisotopic (exact) mass is 363 g/mol. The van der Waals surface area contributed by atoms with Crippen molar-refractivity contribution in [2.75, 3.05) is 6.54 Å². The summed E-state index contributed by atoms with van der Waals surface area (Å²) in [5.74, 6) is -0.884. The van der Waals surface area contributed by atoms with Crippen LogP contribution in [-0.2, 0) is 20.9 Å².